The monoisotopic (exact) mass is 737 g/mol. The van der Waals surface area contributed by atoms with Crippen molar-refractivity contribution in [1.29, 1.82) is 0 Å². The summed E-state index contributed by atoms with van der Waals surface area (Å²) in [4.78, 5) is 2.45. The number of hydrogen-bond donors (Lipinski definition) is 0. The van der Waals surface area contributed by atoms with Crippen LogP contribution in [0.4, 0.5) is 17.1 Å². The lowest BCUT2D eigenvalue weighted by Gasteiger charge is -2.34. The van der Waals surface area contributed by atoms with Crippen molar-refractivity contribution >= 4 is 38.6 Å². The van der Waals surface area contributed by atoms with Gasteiger partial charge in [-0.15, -0.1) is 0 Å². The molecule has 10 aromatic rings. The fraction of sp³-hybridized carbons (Fsp3) is 0.0175. The molecule has 0 saturated heterocycles. The Kier molecular flexibility index (Phi) is 8.12. The van der Waals surface area contributed by atoms with Crippen LogP contribution in [0.25, 0.3) is 54.9 Å². The molecule has 0 aliphatic heterocycles. The van der Waals surface area contributed by atoms with Gasteiger partial charge in [-0.05, 0) is 108 Å². The van der Waals surface area contributed by atoms with Gasteiger partial charge in [0.15, 0.2) is 0 Å². The number of benzene rings is 10. The van der Waals surface area contributed by atoms with Crippen molar-refractivity contribution < 1.29 is 0 Å². The van der Waals surface area contributed by atoms with Crippen molar-refractivity contribution in [2.45, 2.75) is 5.41 Å². The molecule has 0 bridgehead atoms. The van der Waals surface area contributed by atoms with Crippen LogP contribution >= 0.6 is 0 Å². The van der Waals surface area contributed by atoms with Gasteiger partial charge in [0, 0.05) is 16.9 Å². The van der Waals surface area contributed by atoms with E-state index >= 15 is 0 Å². The highest BCUT2D eigenvalue weighted by molar-refractivity contribution is 6.13. The van der Waals surface area contributed by atoms with Crippen LogP contribution in [0.2, 0.25) is 0 Å². The maximum atomic E-state index is 2.45. The first-order valence-corrected chi connectivity index (χ1v) is 20.1. The molecule has 0 N–H and O–H groups in total. The number of anilines is 3. The maximum Gasteiger partial charge on any atom is 0.0714 e. The zero-order chi connectivity index (χ0) is 38.5. The maximum absolute atomic E-state index is 2.45. The van der Waals surface area contributed by atoms with Crippen LogP contribution < -0.4 is 4.90 Å². The molecule has 0 fully saturated rings. The number of nitrogens with zero attached hydrogens (tertiary/aromatic N) is 1. The van der Waals surface area contributed by atoms with Crippen molar-refractivity contribution in [2.75, 3.05) is 4.90 Å². The van der Waals surface area contributed by atoms with Crippen molar-refractivity contribution in [1.82, 2.24) is 0 Å². The number of rotatable bonds is 7. The van der Waals surface area contributed by atoms with E-state index in [-0.39, 0.29) is 0 Å². The van der Waals surface area contributed by atoms with Crippen LogP contribution in [0.3, 0.4) is 0 Å². The number of hydrogen-bond acceptors (Lipinski definition) is 1. The van der Waals surface area contributed by atoms with Gasteiger partial charge in [-0.1, -0.05) is 200 Å². The van der Waals surface area contributed by atoms with Crippen molar-refractivity contribution in [3.05, 3.63) is 259 Å². The average molecular weight is 738 g/mol. The quantitative estimate of drug-likeness (QED) is 0.147. The molecule has 1 aliphatic rings. The minimum Gasteiger partial charge on any atom is -0.310 e. The molecule has 11 rings (SSSR count). The first-order valence-electron chi connectivity index (χ1n) is 20.1. The van der Waals surface area contributed by atoms with E-state index in [4.69, 9.17) is 0 Å². The van der Waals surface area contributed by atoms with E-state index in [2.05, 4.69) is 241 Å². The summed E-state index contributed by atoms with van der Waals surface area (Å²) in [7, 11) is 0. The Morgan fingerprint density at radius 3 is 1.60 bits per heavy atom. The van der Waals surface area contributed by atoms with E-state index < -0.39 is 5.41 Å². The largest absolute Gasteiger partial charge is 0.310 e. The van der Waals surface area contributed by atoms with Crippen LogP contribution in [0.1, 0.15) is 22.3 Å². The van der Waals surface area contributed by atoms with E-state index in [1.807, 2.05) is 0 Å². The molecule has 1 heteroatoms. The van der Waals surface area contributed by atoms with E-state index in [1.165, 1.54) is 77.2 Å². The van der Waals surface area contributed by atoms with Gasteiger partial charge in [-0.3, -0.25) is 0 Å². The van der Waals surface area contributed by atoms with E-state index in [1.54, 1.807) is 0 Å². The third-order valence-corrected chi connectivity index (χ3v) is 12.1. The van der Waals surface area contributed by atoms with E-state index in [9.17, 15) is 0 Å². The second kappa shape index (κ2) is 13.9. The highest BCUT2D eigenvalue weighted by Crippen LogP contribution is 2.59. The molecule has 1 nitrogen and oxygen atoms in total. The molecule has 0 amide bonds. The van der Waals surface area contributed by atoms with Gasteiger partial charge in [-0.2, -0.15) is 0 Å². The Balaban J connectivity index is 1.07. The topological polar surface area (TPSA) is 3.24 Å². The normalized spacial score (nSPS) is 12.6. The standard InChI is InChI=1S/C57H39N/c1-4-20-44(21-5-1)57(45-22-6-2-7-23-45)53-31-15-14-30-51(53)56-54(57)32-17-33-55(56)58(46-24-8-3-9-25-46)47-26-16-19-42(38-47)40-34-36-41(37-35-40)52-39-43-18-10-11-27-48(43)49-28-12-13-29-50(49)52/h1-39H. The summed E-state index contributed by atoms with van der Waals surface area (Å²) in [5.41, 5.74) is 15.3. The Morgan fingerprint density at radius 2 is 0.862 bits per heavy atom. The molecule has 272 valence electrons. The first kappa shape index (κ1) is 33.8. The molecule has 0 spiro atoms. The average Bonchev–Trinajstić information content (AvgIpc) is 3.62. The minimum absolute atomic E-state index is 0.479. The summed E-state index contributed by atoms with van der Waals surface area (Å²) in [6.45, 7) is 0. The van der Waals surface area contributed by atoms with Crippen molar-refractivity contribution in [2.24, 2.45) is 0 Å². The second-order valence-corrected chi connectivity index (χ2v) is 15.2. The van der Waals surface area contributed by atoms with Crippen LogP contribution in [0.5, 0.6) is 0 Å². The molecule has 0 aromatic heterocycles. The van der Waals surface area contributed by atoms with Crippen LogP contribution in [-0.4, -0.2) is 0 Å². The predicted octanol–water partition coefficient (Wildman–Crippen LogP) is 15.2. The Hall–Kier alpha value is -7.48. The molecular formula is C57H39N. The third-order valence-electron chi connectivity index (χ3n) is 12.1. The van der Waals surface area contributed by atoms with Gasteiger partial charge < -0.3 is 4.90 Å². The number of para-hydroxylation sites is 1. The molecule has 1 aliphatic carbocycles. The third kappa shape index (κ3) is 5.32. The Morgan fingerprint density at radius 1 is 0.310 bits per heavy atom. The van der Waals surface area contributed by atoms with Gasteiger partial charge in [0.25, 0.3) is 0 Å². The van der Waals surface area contributed by atoms with Gasteiger partial charge in [-0.25, -0.2) is 0 Å². The molecule has 0 atom stereocenters. The molecule has 0 radical (unpaired) electrons. The molecule has 0 unspecified atom stereocenters. The highest BCUT2D eigenvalue weighted by atomic mass is 15.1. The van der Waals surface area contributed by atoms with Gasteiger partial charge in [0.1, 0.15) is 0 Å². The fourth-order valence-electron chi connectivity index (χ4n) is 9.62. The minimum atomic E-state index is -0.479. The summed E-state index contributed by atoms with van der Waals surface area (Å²) in [6, 6.07) is 86.7. The summed E-state index contributed by atoms with van der Waals surface area (Å²) >= 11 is 0. The van der Waals surface area contributed by atoms with Gasteiger partial charge in [0.05, 0.1) is 11.1 Å². The van der Waals surface area contributed by atoms with Gasteiger partial charge >= 0.3 is 0 Å². The van der Waals surface area contributed by atoms with Gasteiger partial charge in [0.2, 0.25) is 0 Å². The lowest BCUT2D eigenvalue weighted by Crippen LogP contribution is -2.28. The second-order valence-electron chi connectivity index (χ2n) is 15.2. The van der Waals surface area contributed by atoms with E-state index in [0.717, 1.165) is 17.1 Å². The van der Waals surface area contributed by atoms with Crippen molar-refractivity contribution in [3.8, 4) is 33.4 Å². The molecule has 0 saturated carbocycles. The highest BCUT2D eigenvalue weighted by Gasteiger charge is 2.47. The number of fused-ring (bicyclic) bond motifs is 6. The van der Waals surface area contributed by atoms with E-state index in [0.29, 0.717) is 0 Å². The molecule has 10 aromatic carbocycles. The smallest absolute Gasteiger partial charge is 0.0714 e. The summed E-state index contributed by atoms with van der Waals surface area (Å²) < 4.78 is 0. The Labute approximate surface area is 339 Å². The zero-order valence-corrected chi connectivity index (χ0v) is 32.0. The molecular weight excluding hydrogens is 699 g/mol. The summed E-state index contributed by atoms with van der Waals surface area (Å²) in [5, 5.41) is 5.11. The lowest BCUT2D eigenvalue weighted by atomic mass is 9.68. The van der Waals surface area contributed by atoms with Crippen LogP contribution in [-0.2, 0) is 5.41 Å². The SMILES string of the molecule is c1ccc(N(c2cccc(-c3ccc(-c4cc5ccccc5c5ccccc45)cc3)c2)c2cccc3c2-c2ccccc2C3(c2ccccc2)c2ccccc2)cc1. The molecule has 0 heterocycles. The predicted molar refractivity (Wildman–Crippen MR) is 244 cm³/mol. The van der Waals surface area contributed by atoms with Crippen LogP contribution in [0.15, 0.2) is 237 Å². The summed E-state index contributed by atoms with van der Waals surface area (Å²) in [6.07, 6.45) is 0. The lowest BCUT2D eigenvalue weighted by molar-refractivity contribution is 0.768. The fourth-order valence-corrected chi connectivity index (χ4v) is 9.62. The summed E-state index contributed by atoms with van der Waals surface area (Å²) in [5.74, 6) is 0. The molecule has 58 heavy (non-hydrogen) atoms. The van der Waals surface area contributed by atoms with Crippen LogP contribution in [0, 0.1) is 0 Å². The Bertz CT molecular complexity index is 3050. The zero-order valence-electron chi connectivity index (χ0n) is 32.0. The van der Waals surface area contributed by atoms with Crippen molar-refractivity contribution in [3.63, 3.8) is 0 Å². The first-order chi connectivity index (χ1) is 28.8.